The first kappa shape index (κ1) is 11.4. The number of hydrogen-bond donors (Lipinski definition) is 2. The molecule has 84 valence electrons. The lowest BCUT2D eigenvalue weighted by Gasteiger charge is -2.12. The maximum absolute atomic E-state index is 11.3. The van der Waals surface area contributed by atoms with Gasteiger partial charge in [0.2, 0.25) is 5.91 Å². The first-order valence-corrected chi connectivity index (χ1v) is 4.27. The van der Waals surface area contributed by atoms with E-state index in [4.69, 9.17) is 5.84 Å². The molecule has 0 aromatic heterocycles. The summed E-state index contributed by atoms with van der Waals surface area (Å²) in [6.45, 7) is 0.0472. The van der Waals surface area contributed by atoms with Crippen molar-refractivity contribution in [2.45, 2.75) is 6.42 Å². The zero-order chi connectivity index (χ0) is 11.4. The number of nitrogens with zero attached hydrogens (tertiary/aromatic N) is 2. The normalized spacial score (nSPS) is 16.1. The molecule has 8 heteroatoms. The summed E-state index contributed by atoms with van der Waals surface area (Å²) >= 11 is 0. The first-order chi connectivity index (χ1) is 7.06. The number of amides is 3. The molecule has 0 aliphatic carbocycles. The lowest BCUT2D eigenvalue weighted by molar-refractivity contribution is -0.151. The minimum Gasteiger partial charge on any atom is -0.356 e. The molecule has 1 heterocycles. The van der Waals surface area contributed by atoms with Gasteiger partial charge in [-0.2, -0.15) is 0 Å². The molecule has 0 radical (unpaired) electrons. The second kappa shape index (κ2) is 4.71. The fourth-order valence-electron chi connectivity index (χ4n) is 1.21. The van der Waals surface area contributed by atoms with Gasteiger partial charge in [0.25, 0.3) is 0 Å². The van der Waals surface area contributed by atoms with Crippen LogP contribution in [-0.4, -0.2) is 47.8 Å². The molecule has 0 unspecified atom stereocenters. The van der Waals surface area contributed by atoms with Crippen LogP contribution in [0.5, 0.6) is 0 Å². The number of hydrogen-bond acceptors (Lipinski definition) is 6. The number of urea groups is 1. The van der Waals surface area contributed by atoms with Gasteiger partial charge in [0.05, 0.1) is 6.42 Å². The SMILES string of the molecule is CN1CC(=O)N(CCC(=O)ONN)C1=O. The van der Waals surface area contributed by atoms with Gasteiger partial charge in [0, 0.05) is 13.6 Å². The third-order valence-electron chi connectivity index (χ3n) is 1.94. The maximum Gasteiger partial charge on any atom is 0.328 e. The van der Waals surface area contributed by atoms with Crippen LogP contribution in [0.1, 0.15) is 6.42 Å². The Labute approximate surface area is 85.9 Å². The number of nitrogens with two attached hydrogens (primary N) is 1. The average molecular weight is 216 g/mol. The number of carbonyl (C=O) groups is 3. The quantitative estimate of drug-likeness (QED) is 0.326. The Bertz CT molecular complexity index is 293. The summed E-state index contributed by atoms with van der Waals surface area (Å²) in [4.78, 5) is 39.9. The van der Waals surface area contributed by atoms with Crippen LogP contribution in [0.2, 0.25) is 0 Å². The number of hydrazine groups is 1. The third-order valence-corrected chi connectivity index (χ3v) is 1.94. The van der Waals surface area contributed by atoms with Crippen molar-refractivity contribution in [2.75, 3.05) is 20.1 Å². The molecule has 1 fully saturated rings. The number of imide groups is 1. The van der Waals surface area contributed by atoms with Crippen LogP contribution in [0.4, 0.5) is 4.79 Å². The summed E-state index contributed by atoms with van der Waals surface area (Å²) in [6.07, 6.45) is -0.0878. The van der Waals surface area contributed by atoms with E-state index in [-0.39, 0.29) is 25.4 Å². The molecular weight excluding hydrogens is 204 g/mol. The van der Waals surface area contributed by atoms with Gasteiger partial charge in [-0.15, -0.1) is 0 Å². The molecule has 1 saturated heterocycles. The number of carbonyl (C=O) groups excluding carboxylic acids is 3. The van der Waals surface area contributed by atoms with Gasteiger partial charge in [0.1, 0.15) is 6.54 Å². The van der Waals surface area contributed by atoms with Crippen LogP contribution in [0.25, 0.3) is 0 Å². The summed E-state index contributed by atoms with van der Waals surface area (Å²) in [7, 11) is 1.51. The van der Waals surface area contributed by atoms with Gasteiger partial charge in [0.15, 0.2) is 0 Å². The molecule has 8 nitrogen and oxygen atoms in total. The first-order valence-electron chi connectivity index (χ1n) is 4.27. The Kier molecular flexibility index (Phi) is 3.58. The lowest BCUT2D eigenvalue weighted by Crippen LogP contribution is -2.35. The highest BCUT2D eigenvalue weighted by Crippen LogP contribution is 2.08. The molecule has 15 heavy (non-hydrogen) atoms. The van der Waals surface area contributed by atoms with Crippen LogP contribution >= 0.6 is 0 Å². The average Bonchev–Trinajstić information content (AvgIpc) is 2.40. The Morgan fingerprint density at radius 1 is 1.60 bits per heavy atom. The molecular formula is C7H12N4O4. The Balaban J connectivity index is 2.42. The van der Waals surface area contributed by atoms with E-state index in [1.807, 2.05) is 0 Å². The molecule has 0 aromatic carbocycles. The molecule has 1 aliphatic rings. The molecule has 3 N–H and O–H groups in total. The highest BCUT2D eigenvalue weighted by Gasteiger charge is 2.33. The minimum atomic E-state index is -0.632. The van der Waals surface area contributed by atoms with Crippen LogP contribution in [0.15, 0.2) is 0 Å². The summed E-state index contributed by atoms with van der Waals surface area (Å²) < 4.78 is 0. The smallest absolute Gasteiger partial charge is 0.328 e. The highest BCUT2D eigenvalue weighted by atomic mass is 16.7. The standard InChI is InChI=1S/C7H12N4O4/c1-10-4-5(12)11(7(10)14)3-2-6(13)15-9-8/h9H,2-4,8H2,1H3. The molecule has 1 aliphatic heterocycles. The summed E-state index contributed by atoms with van der Waals surface area (Å²) in [5, 5.41) is 0. The predicted octanol–water partition coefficient (Wildman–Crippen LogP) is -1.81. The van der Waals surface area contributed by atoms with Crippen molar-refractivity contribution >= 4 is 17.9 Å². The number of likely N-dealkylation sites (N-methyl/N-ethyl adjacent to an activating group) is 1. The molecule has 0 aromatic rings. The molecule has 0 spiro atoms. The maximum atomic E-state index is 11.3. The molecule has 0 bridgehead atoms. The van der Waals surface area contributed by atoms with E-state index in [0.29, 0.717) is 0 Å². The van der Waals surface area contributed by atoms with Crippen molar-refractivity contribution < 1.29 is 19.2 Å². The van der Waals surface area contributed by atoms with Crippen molar-refractivity contribution in [1.29, 1.82) is 0 Å². The van der Waals surface area contributed by atoms with E-state index in [1.165, 1.54) is 11.9 Å². The van der Waals surface area contributed by atoms with E-state index in [2.05, 4.69) is 4.84 Å². The summed E-state index contributed by atoms with van der Waals surface area (Å²) in [5.41, 5.74) is 1.73. The van der Waals surface area contributed by atoms with Gasteiger partial charge in [-0.25, -0.2) is 10.6 Å². The van der Waals surface area contributed by atoms with Crippen molar-refractivity contribution in [1.82, 2.24) is 15.4 Å². The molecule has 1 rings (SSSR count). The fourth-order valence-corrected chi connectivity index (χ4v) is 1.21. The van der Waals surface area contributed by atoms with Crippen LogP contribution in [0, 0.1) is 0 Å². The Morgan fingerprint density at radius 3 is 2.73 bits per heavy atom. The van der Waals surface area contributed by atoms with E-state index in [0.717, 1.165) is 4.90 Å². The van der Waals surface area contributed by atoms with Crippen molar-refractivity contribution in [3.63, 3.8) is 0 Å². The third kappa shape index (κ3) is 2.64. The number of rotatable bonds is 4. The Hall–Kier alpha value is -1.67. The summed E-state index contributed by atoms with van der Waals surface area (Å²) in [5.74, 6) is 3.79. The van der Waals surface area contributed by atoms with Crippen LogP contribution in [-0.2, 0) is 14.4 Å². The van der Waals surface area contributed by atoms with Crippen LogP contribution in [0.3, 0.4) is 0 Å². The largest absolute Gasteiger partial charge is 0.356 e. The zero-order valence-electron chi connectivity index (χ0n) is 8.23. The molecule has 0 saturated carbocycles. The monoisotopic (exact) mass is 216 g/mol. The highest BCUT2D eigenvalue weighted by molar-refractivity contribution is 6.02. The van der Waals surface area contributed by atoms with Crippen molar-refractivity contribution in [3.8, 4) is 0 Å². The van der Waals surface area contributed by atoms with Gasteiger partial charge in [-0.05, 0) is 0 Å². The van der Waals surface area contributed by atoms with Crippen LogP contribution < -0.4 is 11.4 Å². The van der Waals surface area contributed by atoms with Gasteiger partial charge >= 0.3 is 12.0 Å². The van der Waals surface area contributed by atoms with Gasteiger partial charge < -0.3 is 9.74 Å². The van der Waals surface area contributed by atoms with E-state index in [1.54, 1.807) is 5.59 Å². The lowest BCUT2D eigenvalue weighted by atomic mass is 10.4. The summed E-state index contributed by atoms with van der Waals surface area (Å²) in [6, 6.07) is -0.409. The van der Waals surface area contributed by atoms with Crippen molar-refractivity contribution in [2.24, 2.45) is 5.84 Å². The van der Waals surface area contributed by atoms with E-state index in [9.17, 15) is 14.4 Å². The minimum absolute atomic E-state index is 0.00250. The fraction of sp³-hybridized carbons (Fsp3) is 0.571. The Morgan fingerprint density at radius 2 is 2.27 bits per heavy atom. The second-order valence-corrected chi connectivity index (χ2v) is 3.03. The van der Waals surface area contributed by atoms with E-state index >= 15 is 0 Å². The molecule has 0 atom stereocenters. The van der Waals surface area contributed by atoms with E-state index < -0.39 is 12.0 Å². The topological polar surface area (TPSA) is 105 Å². The van der Waals surface area contributed by atoms with Gasteiger partial charge in [-0.3, -0.25) is 14.5 Å². The predicted molar refractivity (Wildman–Crippen MR) is 47.8 cm³/mol. The van der Waals surface area contributed by atoms with Crippen molar-refractivity contribution in [3.05, 3.63) is 0 Å². The zero-order valence-corrected chi connectivity index (χ0v) is 8.23. The number of nitrogens with one attached hydrogen (secondary N) is 1. The van der Waals surface area contributed by atoms with Gasteiger partial charge in [-0.1, -0.05) is 5.59 Å². The molecule has 3 amide bonds. The second-order valence-electron chi connectivity index (χ2n) is 3.03.